The Bertz CT molecular complexity index is 368. The van der Waals surface area contributed by atoms with Gasteiger partial charge in [-0.1, -0.05) is 51.7 Å². The van der Waals surface area contributed by atoms with E-state index in [-0.39, 0.29) is 0 Å². The zero-order chi connectivity index (χ0) is 15.7. The maximum absolute atomic E-state index is 3.63. The van der Waals surface area contributed by atoms with Gasteiger partial charge in [0.05, 0.1) is 0 Å². The Morgan fingerprint density at radius 2 is 1.52 bits per heavy atom. The quantitative estimate of drug-likeness (QED) is 0.609. The zero-order valence-electron chi connectivity index (χ0n) is 14.7. The number of unbranched alkanes of at least 4 members (excludes halogenated alkanes) is 3. The van der Waals surface area contributed by atoms with Crippen molar-refractivity contribution in [3.63, 3.8) is 0 Å². The highest BCUT2D eigenvalue weighted by Gasteiger charge is 2.04. The third kappa shape index (κ3) is 7.52. The van der Waals surface area contributed by atoms with Crippen LogP contribution in [0.2, 0.25) is 0 Å². The molecule has 0 bridgehead atoms. The molecule has 21 heavy (non-hydrogen) atoms. The van der Waals surface area contributed by atoms with Gasteiger partial charge >= 0.3 is 0 Å². The smallest absolute Gasteiger partial charge is 0.0361 e. The number of benzene rings is 1. The minimum Gasteiger partial charge on any atom is -0.378 e. The summed E-state index contributed by atoms with van der Waals surface area (Å²) in [6, 6.07) is 9.29. The van der Waals surface area contributed by atoms with E-state index in [9.17, 15) is 0 Å². The maximum atomic E-state index is 3.63. The van der Waals surface area contributed by atoms with E-state index in [0.29, 0.717) is 6.04 Å². The Balaban J connectivity index is 2.17. The molecule has 0 spiro atoms. The normalized spacial score (nSPS) is 12.7. The predicted molar refractivity (Wildman–Crippen MR) is 95.1 cm³/mol. The van der Waals surface area contributed by atoms with E-state index in [0.717, 1.165) is 12.5 Å². The fourth-order valence-corrected chi connectivity index (χ4v) is 2.53. The maximum Gasteiger partial charge on any atom is 0.0361 e. The molecule has 120 valence electrons. The molecule has 1 N–H and O–H groups in total. The number of nitrogens with zero attached hydrogens (tertiary/aromatic N) is 1. The number of anilines is 1. The predicted octanol–water partition coefficient (Wildman–Crippen LogP) is 5.01. The molecule has 0 fully saturated rings. The van der Waals surface area contributed by atoms with Gasteiger partial charge in [-0.15, -0.1) is 0 Å². The van der Waals surface area contributed by atoms with Crippen LogP contribution in [-0.4, -0.2) is 20.6 Å². The van der Waals surface area contributed by atoms with Gasteiger partial charge in [-0.3, -0.25) is 0 Å². The second kappa shape index (κ2) is 9.83. The highest BCUT2D eigenvalue weighted by atomic mass is 15.1. The van der Waals surface area contributed by atoms with Crippen LogP contribution >= 0.6 is 0 Å². The van der Waals surface area contributed by atoms with Crippen LogP contribution in [-0.2, 0) is 0 Å². The summed E-state index contributed by atoms with van der Waals surface area (Å²) in [6.45, 7) is 8.00. The fourth-order valence-electron chi connectivity index (χ4n) is 2.53. The molecule has 0 aliphatic heterocycles. The summed E-state index contributed by atoms with van der Waals surface area (Å²) >= 11 is 0. The summed E-state index contributed by atoms with van der Waals surface area (Å²) in [7, 11) is 4.16. The van der Waals surface area contributed by atoms with Gasteiger partial charge in [0.1, 0.15) is 0 Å². The van der Waals surface area contributed by atoms with Crippen molar-refractivity contribution in [1.82, 2.24) is 5.32 Å². The van der Waals surface area contributed by atoms with Crippen molar-refractivity contribution in [2.75, 3.05) is 25.5 Å². The van der Waals surface area contributed by atoms with E-state index in [1.807, 2.05) is 0 Å². The zero-order valence-corrected chi connectivity index (χ0v) is 14.7. The van der Waals surface area contributed by atoms with Gasteiger partial charge in [0, 0.05) is 25.8 Å². The monoisotopic (exact) mass is 290 g/mol. The highest BCUT2D eigenvalue weighted by Crippen LogP contribution is 2.17. The van der Waals surface area contributed by atoms with Crippen molar-refractivity contribution in [2.24, 2.45) is 5.92 Å². The van der Waals surface area contributed by atoms with Crippen LogP contribution in [0.1, 0.15) is 64.5 Å². The van der Waals surface area contributed by atoms with Gasteiger partial charge in [-0.05, 0) is 43.5 Å². The van der Waals surface area contributed by atoms with Crippen LogP contribution in [0.25, 0.3) is 0 Å². The van der Waals surface area contributed by atoms with Crippen LogP contribution < -0.4 is 10.2 Å². The van der Waals surface area contributed by atoms with Gasteiger partial charge in [0.25, 0.3) is 0 Å². The summed E-state index contributed by atoms with van der Waals surface area (Å²) in [5, 5.41) is 3.63. The van der Waals surface area contributed by atoms with Crippen molar-refractivity contribution in [2.45, 2.75) is 58.9 Å². The summed E-state index contributed by atoms with van der Waals surface area (Å²) in [6.07, 6.45) is 6.79. The van der Waals surface area contributed by atoms with E-state index >= 15 is 0 Å². The van der Waals surface area contributed by atoms with Crippen LogP contribution in [0.15, 0.2) is 24.3 Å². The number of hydrogen-bond acceptors (Lipinski definition) is 2. The lowest BCUT2D eigenvalue weighted by molar-refractivity contribution is 0.498. The van der Waals surface area contributed by atoms with E-state index in [4.69, 9.17) is 0 Å². The third-order valence-corrected chi connectivity index (χ3v) is 4.07. The largest absolute Gasteiger partial charge is 0.378 e. The molecule has 1 aromatic rings. The third-order valence-electron chi connectivity index (χ3n) is 4.07. The van der Waals surface area contributed by atoms with Crippen molar-refractivity contribution >= 4 is 5.69 Å². The Morgan fingerprint density at radius 3 is 2.10 bits per heavy atom. The lowest BCUT2D eigenvalue weighted by Crippen LogP contribution is -2.20. The molecule has 1 aromatic carbocycles. The highest BCUT2D eigenvalue weighted by molar-refractivity contribution is 5.46. The van der Waals surface area contributed by atoms with Gasteiger partial charge in [-0.25, -0.2) is 0 Å². The van der Waals surface area contributed by atoms with Gasteiger partial charge < -0.3 is 10.2 Å². The molecule has 0 saturated carbocycles. The van der Waals surface area contributed by atoms with Crippen LogP contribution in [0.5, 0.6) is 0 Å². The summed E-state index contributed by atoms with van der Waals surface area (Å²) in [5.74, 6) is 0.855. The lowest BCUT2D eigenvalue weighted by Gasteiger charge is -2.17. The minimum atomic E-state index is 0.442. The van der Waals surface area contributed by atoms with Gasteiger partial charge in [0.15, 0.2) is 0 Å². The van der Waals surface area contributed by atoms with Crippen molar-refractivity contribution in [3.8, 4) is 0 Å². The first-order chi connectivity index (χ1) is 10.0. The summed E-state index contributed by atoms with van der Waals surface area (Å²) in [5.41, 5.74) is 2.64. The molecule has 0 aromatic heterocycles. The van der Waals surface area contributed by atoms with Crippen LogP contribution in [0.3, 0.4) is 0 Å². The molecule has 0 heterocycles. The molecule has 2 nitrogen and oxygen atoms in total. The fraction of sp³-hybridized carbons (Fsp3) is 0.684. The second-order valence-electron chi connectivity index (χ2n) is 6.76. The molecule has 1 atom stereocenters. The SMILES string of the molecule is CC(C)CCCCCCNC(C)c1ccc(N(C)C)cc1. The Kier molecular flexibility index (Phi) is 8.44. The van der Waals surface area contributed by atoms with E-state index < -0.39 is 0 Å². The first kappa shape index (κ1) is 18.0. The van der Waals surface area contributed by atoms with Gasteiger partial charge in [0.2, 0.25) is 0 Å². The van der Waals surface area contributed by atoms with E-state index in [1.165, 1.54) is 43.4 Å². The average Bonchev–Trinajstić information content (AvgIpc) is 2.45. The Morgan fingerprint density at radius 1 is 0.905 bits per heavy atom. The van der Waals surface area contributed by atoms with Crippen LogP contribution in [0, 0.1) is 5.92 Å². The molecule has 0 aliphatic rings. The Hall–Kier alpha value is -1.02. The molecule has 0 radical (unpaired) electrons. The summed E-state index contributed by atoms with van der Waals surface area (Å²) < 4.78 is 0. The molecule has 0 amide bonds. The topological polar surface area (TPSA) is 15.3 Å². The van der Waals surface area contributed by atoms with E-state index in [2.05, 4.69) is 69.3 Å². The molecule has 0 saturated heterocycles. The lowest BCUT2D eigenvalue weighted by atomic mass is 10.0. The molecule has 1 unspecified atom stereocenters. The first-order valence-electron chi connectivity index (χ1n) is 8.51. The molecule has 2 heteroatoms. The molecular formula is C19H34N2. The molecule has 1 rings (SSSR count). The van der Waals surface area contributed by atoms with Crippen molar-refractivity contribution < 1.29 is 0 Å². The van der Waals surface area contributed by atoms with Gasteiger partial charge in [-0.2, -0.15) is 0 Å². The van der Waals surface area contributed by atoms with Crippen LogP contribution in [0.4, 0.5) is 5.69 Å². The second-order valence-corrected chi connectivity index (χ2v) is 6.76. The number of nitrogens with one attached hydrogen (secondary N) is 1. The summed E-state index contributed by atoms with van der Waals surface area (Å²) in [4.78, 5) is 2.14. The average molecular weight is 290 g/mol. The van der Waals surface area contributed by atoms with Crippen molar-refractivity contribution in [3.05, 3.63) is 29.8 Å². The number of hydrogen-bond donors (Lipinski definition) is 1. The standard InChI is InChI=1S/C19H34N2/c1-16(2)10-8-6-7-9-15-20-17(3)18-11-13-19(14-12-18)21(4)5/h11-14,16-17,20H,6-10,15H2,1-5H3. The number of rotatable bonds is 10. The Labute approximate surface area is 131 Å². The first-order valence-corrected chi connectivity index (χ1v) is 8.51. The van der Waals surface area contributed by atoms with E-state index in [1.54, 1.807) is 0 Å². The molecular weight excluding hydrogens is 256 g/mol. The molecule has 0 aliphatic carbocycles. The minimum absolute atomic E-state index is 0.442. The van der Waals surface area contributed by atoms with Crippen molar-refractivity contribution in [1.29, 1.82) is 0 Å².